The van der Waals surface area contributed by atoms with Gasteiger partial charge in [0.15, 0.2) is 0 Å². The molecule has 0 aromatic carbocycles. The average molecular weight is 363 g/mol. The Bertz CT molecular complexity index is 666. The lowest BCUT2D eigenvalue weighted by molar-refractivity contribution is -0.163. The molecule has 26 heavy (non-hydrogen) atoms. The van der Waals surface area contributed by atoms with E-state index in [9.17, 15) is 9.59 Å². The van der Waals surface area contributed by atoms with Crippen LogP contribution in [0.3, 0.4) is 0 Å². The Kier molecular flexibility index (Phi) is 6.03. The molecule has 1 aromatic heterocycles. The molecule has 8 heteroatoms. The summed E-state index contributed by atoms with van der Waals surface area (Å²) >= 11 is 0. The summed E-state index contributed by atoms with van der Waals surface area (Å²) in [6.45, 7) is 2.66. The summed E-state index contributed by atoms with van der Waals surface area (Å²) in [7, 11) is 0. The van der Waals surface area contributed by atoms with Crippen LogP contribution < -0.4 is 0 Å². The van der Waals surface area contributed by atoms with E-state index in [4.69, 9.17) is 14.2 Å². The molecule has 1 aliphatic heterocycles. The molecule has 0 N–H and O–H groups in total. The summed E-state index contributed by atoms with van der Waals surface area (Å²) in [5, 5.41) is 8.52. The molecule has 142 valence electrons. The predicted octanol–water partition coefficient (Wildman–Crippen LogP) is 2.27. The van der Waals surface area contributed by atoms with E-state index in [1.165, 1.54) is 33.1 Å². The summed E-state index contributed by atoms with van der Waals surface area (Å²) in [6.07, 6.45) is 9.82. The zero-order chi connectivity index (χ0) is 18.5. The molecule has 3 rings (SSSR count). The molecule has 0 saturated heterocycles. The van der Waals surface area contributed by atoms with Gasteiger partial charge in [-0.05, 0) is 25.0 Å². The summed E-state index contributed by atoms with van der Waals surface area (Å²) in [5.41, 5.74) is 0.695. The Balaban J connectivity index is 1.70. The minimum Gasteiger partial charge on any atom is -0.463 e. The summed E-state index contributed by atoms with van der Waals surface area (Å²) in [5.74, 6) is -0.831. The lowest BCUT2D eigenvalue weighted by Crippen LogP contribution is -2.39. The fourth-order valence-electron chi connectivity index (χ4n) is 3.40. The van der Waals surface area contributed by atoms with E-state index >= 15 is 0 Å². The van der Waals surface area contributed by atoms with Crippen molar-refractivity contribution in [1.29, 1.82) is 0 Å². The van der Waals surface area contributed by atoms with Crippen molar-refractivity contribution in [2.24, 2.45) is 0 Å². The van der Waals surface area contributed by atoms with E-state index in [2.05, 4.69) is 10.3 Å². The smallest absolute Gasteiger partial charge is 0.303 e. The number of ether oxygens (including phenoxy) is 3. The first-order chi connectivity index (χ1) is 12.5. The van der Waals surface area contributed by atoms with Crippen molar-refractivity contribution < 1.29 is 23.8 Å². The van der Waals surface area contributed by atoms with Gasteiger partial charge in [-0.15, -0.1) is 5.10 Å². The monoisotopic (exact) mass is 363 g/mol. The first-order valence-corrected chi connectivity index (χ1v) is 9.09. The van der Waals surface area contributed by atoms with Crippen LogP contribution in [0.5, 0.6) is 0 Å². The molecule has 8 nitrogen and oxygen atoms in total. The molecule has 0 bridgehead atoms. The van der Waals surface area contributed by atoms with Crippen LogP contribution >= 0.6 is 0 Å². The highest BCUT2D eigenvalue weighted by Crippen LogP contribution is 2.30. The molecule has 0 radical (unpaired) electrons. The third-order valence-electron chi connectivity index (χ3n) is 4.68. The van der Waals surface area contributed by atoms with Gasteiger partial charge in [0.05, 0.1) is 12.2 Å². The van der Waals surface area contributed by atoms with E-state index in [1.54, 1.807) is 12.2 Å². The van der Waals surface area contributed by atoms with Crippen molar-refractivity contribution >= 4 is 11.9 Å². The van der Waals surface area contributed by atoms with Crippen molar-refractivity contribution in [3.8, 4) is 0 Å². The van der Waals surface area contributed by atoms with Gasteiger partial charge in [0.2, 0.25) is 0 Å². The van der Waals surface area contributed by atoms with Gasteiger partial charge in [-0.2, -0.15) is 0 Å². The van der Waals surface area contributed by atoms with E-state index in [0.717, 1.165) is 12.8 Å². The van der Waals surface area contributed by atoms with Crippen molar-refractivity contribution in [2.75, 3.05) is 6.61 Å². The Morgan fingerprint density at radius 1 is 1.19 bits per heavy atom. The maximum atomic E-state index is 11.3. The van der Waals surface area contributed by atoms with Gasteiger partial charge in [-0.3, -0.25) is 9.59 Å². The van der Waals surface area contributed by atoms with E-state index < -0.39 is 30.3 Å². The van der Waals surface area contributed by atoms with Gasteiger partial charge in [-0.1, -0.05) is 24.5 Å². The van der Waals surface area contributed by atoms with Gasteiger partial charge in [-0.25, -0.2) is 4.68 Å². The SMILES string of the molecule is CC(=O)OC[C@H]1O[C@H](c2cn(C3CCCCC3)nn2)C=C[C@@H]1OC(C)=O. The molecule has 0 spiro atoms. The number of carbonyl (C=O) groups is 2. The number of hydrogen-bond donors (Lipinski definition) is 0. The van der Waals surface area contributed by atoms with Crippen molar-refractivity contribution in [3.05, 3.63) is 24.0 Å². The van der Waals surface area contributed by atoms with E-state index in [0.29, 0.717) is 11.7 Å². The molecule has 0 unspecified atom stereocenters. The van der Waals surface area contributed by atoms with Gasteiger partial charge < -0.3 is 14.2 Å². The van der Waals surface area contributed by atoms with Crippen molar-refractivity contribution in [1.82, 2.24) is 15.0 Å². The first-order valence-electron chi connectivity index (χ1n) is 9.09. The fraction of sp³-hybridized carbons (Fsp3) is 0.667. The molecule has 1 aliphatic carbocycles. The van der Waals surface area contributed by atoms with Crippen LogP contribution in [0.4, 0.5) is 0 Å². The number of carbonyl (C=O) groups excluding carboxylic acids is 2. The van der Waals surface area contributed by atoms with Crippen molar-refractivity contribution in [3.63, 3.8) is 0 Å². The van der Waals surface area contributed by atoms with Crippen molar-refractivity contribution in [2.45, 2.75) is 70.3 Å². The maximum Gasteiger partial charge on any atom is 0.303 e. The average Bonchev–Trinajstić information content (AvgIpc) is 3.11. The van der Waals surface area contributed by atoms with Crippen LogP contribution in [0.1, 0.15) is 63.8 Å². The van der Waals surface area contributed by atoms with Crippen LogP contribution in [0.25, 0.3) is 0 Å². The topological polar surface area (TPSA) is 92.5 Å². The number of hydrogen-bond acceptors (Lipinski definition) is 7. The summed E-state index contributed by atoms with van der Waals surface area (Å²) < 4.78 is 18.2. The second-order valence-electron chi connectivity index (χ2n) is 6.77. The third-order valence-corrected chi connectivity index (χ3v) is 4.68. The van der Waals surface area contributed by atoms with Gasteiger partial charge in [0.1, 0.15) is 30.6 Å². The maximum absolute atomic E-state index is 11.3. The molecular weight excluding hydrogens is 338 g/mol. The fourth-order valence-corrected chi connectivity index (χ4v) is 3.40. The second-order valence-corrected chi connectivity index (χ2v) is 6.77. The van der Waals surface area contributed by atoms with Crippen LogP contribution in [0.15, 0.2) is 18.3 Å². The Morgan fingerprint density at radius 2 is 1.96 bits per heavy atom. The molecule has 3 atom stereocenters. The zero-order valence-electron chi connectivity index (χ0n) is 15.2. The molecule has 2 aliphatic rings. The van der Waals surface area contributed by atoms with Gasteiger partial charge in [0, 0.05) is 13.8 Å². The second kappa shape index (κ2) is 8.44. The number of nitrogens with zero attached hydrogens (tertiary/aromatic N) is 3. The van der Waals surface area contributed by atoms with Crippen LogP contribution in [-0.4, -0.2) is 45.7 Å². The number of rotatable bonds is 5. The lowest BCUT2D eigenvalue weighted by Gasteiger charge is -2.30. The number of aromatic nitrogens is 3. The number of esters is 2. The normalized spacial score (nSPS) is 26.5. The lowest BCUT2D eigenvalue weighted by atomic mass is 9.96. The summed E-state index contributed by atoms with van der Waals surface area (Å²) in [4.78, 5) is 22.4. The zero-order valence-corrected chi connectivity index (χ0v) is 15.2. The third kappa shape index (κ3) is 4.69. The standard InChI is InChI=1S/C18H25N3O5/c1-12(22)24-11-18-17(25-13(2)23)9-8-16(26-18)15-10-21(20-19-15)14-6-4-3-5-7-14/h8-10,14,16-18H,3-7,11H2,1-2H3/t16-,17-,18+/m0/s1. The predicted molar refractivity (Wildman–Crippen MR) is 91.1 cm³/mol. The quantitative estimate of drug-likeness (QED) is 0.585. The highest BCUT2D eigenvalue weighted by molar-refractivity contribution is 5.66. The molecule has 0 amide bonds. The molecular formula is C18H25N3O5. The largest absolute Gasteiger partial charge is 0.463 e. The molecule has 1 saturated carbocycles. The highest BCUT2D eigenvalue weighted by Gasteiger charge is 2.32. The van der Waals surface area contributed by atoms with Crippen LogP contribution in [0.2, 0.25) is 0 Å². The Labute approximate surface area is 152 Å². The van der Waals surface area contributed by atoms with Gasteiger partial charge in [0.25, 0.3) is 0 Å². The van der Waals surface area contributed by atoms with Gasteiger partial charge >= 0.3 is 11.9 Å². The minimum atomic E-state index is -0.600. The first kappa shape index (κ1) is 18.6. The van der Waals surface area contributed by atoms with Crippen LogP contribution in [0, 0.1) is 0 Å². The van der Waals surface area contributed by atoms with E-state index in [1.807, 2.05) is 10.9 Å². The summed E-state index contributed by atoms with van der Waals surface area (Å²) in [6, 6.07) is 0.392. The van der Waals surface area contributed by atoms with Crippen LogP contribution in [-0.2, 0) is 23.8 Å². The Morgan fingerprint density at radius 3 is 2.65 bits per heavy atom. The molecule has 2 heterocycles. The van der Waals surface area contributed by atoms with E-state index in [-0.39, 0.29) is 6.61 Å². The molecule has 1 fully saturated rings. The minimum absolute atomic E-state index is 0.00484. The highest BCUT2D eigenvalue weighted by atomic mass is 16.6. The molecule has 1 aromatic rings. The Hall–Kier alpha value is -2.22.